The second-order valence-corrected chi connectivity index (χ2v) is 5.37. The number of hydrogen-bond acceptors (Lipinski definition) is 6. The molecule has 0 spiro atoms. The molecule has 0 atom stereocenters. The van der Waals surface area contributed by atoms with Gasteiger partial charge in [-0.15, -0.1) is 10.2 Å². The van der Waals surface area contributed by atoms with Crippen LogP contribution in [0.5, 0.6) is 0 Å². The van der Waals surface area contributed by atoms with Crippen molar-refractivity contribution in [3.05, 3.63) is 45.9 Å². The molecule has 1 aromatic carbocycles. The van der Waals surface area contributed by atoms with E-state index in [0.29, 0.717) is 19.0 Å². The number of esters is 1. The van der Waals surface area contributed by atoms with Crippen LogP contribution < -0.4 is 10.5 Å². The molecule has 120 valence electrons. The van der Waals surface area contributed by atoms with Crippen molar-refractivity contribution in [1.29, 1.82) is 0 Å². The van der Waals surface area contributed by atoms with Gasteiger partial charge in [-0.25, -0.2) is 0 Å². The first kappa shape index (κ1) is 15.2. The summed E-state index contributed by atoms with van der Waals surface area (Å²) < 4.78 is 6.41. The molecule has 0 aliphatic carbocycles. The molecule has 0 unspecified atom stereocenters. The summed E-state index contributed by atoms with van der Waals surface area (Å²) >= 11 is 0. The van der Waals surface area contributed by atoms with Crippen molar-refractivity contribution in [2.24, 2.45) is 0 Å². The number of carbonyl (C=O) groups is 1. The molecule has 0 saturated carbocycles. The molecule has 0 radical (unpaired) electrons. The van der Waals surface area contributed by atoms with Crippen LogP contribution in [0, 0.1) is 6.92 Å². The Morgan fingerprint density at radius 2 is 1.96 bits per heavy atom. The SMILES string of the molecule is CCOC(=O)Cc1nnc2n(c1=O)CCN2c1ccc(C)cc1. The second-order valence-electron chi connectivity index (χ2n) is 5.37. The lowest BCUT2D eigenvalue weighted by Gasteiger charge is -2.16. The topological polar surface area (TPSA) is 77.3 Å². The molecule has 1 aliphatic heterocycles. The van der Waals surface area contributed by atoms with E-state index in [1.807, 2.05) is 36.1 Å². The van der Waals surface area contributed by atoms with Crippen LogP contribution in [0.25, 0.3) is 0 Å². The molecule has 2 heterocycles. The number of anilines is 2. The van der Waals surface area contributed by atoms with Gasteiger partial charge >= 0.3 is 5.97 Å². The van der Waals surface area contributed by atoms with E-state index in [2.05, 4.69) is 10.2 Å². The molecular weight excluding hydrogens is 296 g/mol. The lowest BCUT2D eigenvalue weighted by atomic mass is 10.2. The number of aromatic nitrogens is 3. The van der Waals surface area contributed by atoms with Gasteiger partial charge in [0.05, 0.1) is 13.0 Å². The van der Waals surface area contributed by atoms with Gasteiger partial charge in [0, 0.05) is 18.8 Å². The molecule has 23 heavy (non-hydrogen) atoms. The number of ether oxygens (including phenoxy) is 1. The summed E-state index contributed by atoms with van der Waals surface area (Å²) in [7, 11) is 0. The summed E-state index contributed by atoms with van der Waals surface area (Å²) in [5.41, 5.74) is 1.98. The maximum Gasteiger partial charge on any atom is 0.312 e. The predicted molar refractivity (Wildman–Crippen MR) is 84.8 cm³/mol. The lowest BCUT2D eigenvalue weighted by Crippen LogP contribution is -2.27. The smallest absolute Gasteiger partial charge is 0.312 e. The summed E-state index contributed by atoms with van der Waals surface area (Å²) in [6.07, 6.45) is -0.148. The van der Waals surface area contributed by atoms with E-state index in [0.717, 1.165) is 5.69 Å². The van der Waals surface area contributed by atoms with Crippen molar-refractivity contribution in [1.82, 2.24) is 14.8 Å². The van der Waals surface area contributed by atoms with Crippen LogP contribution in [0.2, 0.25) is 0 Å². The Hall–Kier alpha value is -2.70. The minimum atomic E-state index is -0.465. The largest absolute Gasteiger partial charge is 0.466 e. The average molecular weight is 314 g/mol. The van der Waals surface area contributed by atoms with Crippen molar-refractivity contribution in [2.75, 3.05) is 18.1 Å². The number of carbonyl (C=O) groups excluding carboxylic acids is 1. The van der Waals surface area contributed by atoms with E-state index in [1.165, 1.54) is 5.56 Å². The Bertz CT molecular complexity index is 783. The zero-order chi connectivity index (χ0) is 16.4. The van der Waals surface area contributed by atoms with Gasteiger partial charge in [-0.3, -0.25) is 14.2 Å². The van der Waals surface area contributed by atoms with Gasteiger partial charge in [0.15, 0.2) is 0 Å². The van der Waals surface area contributed by atoms with Crippen LogP contribution in [-0.2, 0) is 22.5 Å². The first-order valence-electron chi connectivity index (χ1n) is 7.56. The van der Waals surface area contributed by atoms with E-state index in [1.54, 1.807) is 11.5 Å². The molecule has 0 fully saturated rings. The maximum atomic E-state index is 12.5. The maximum absolute atomic E-state index is 12.5. The first-order chi connectivity index (χ1) is 11.1. The minimum Gasteiger partial charge on any atom is -0.466 e. The summed E-state index contributed by atoms with van der Waals surface area (Å²) in [4.78, 5) is 25.9. The van der Waals surface area contributed by atoms with E-state index in [4.69, 9.17) is 4.74 Å². The Kier molecular flexibility index (Phi) is 4.10. The molecular formula is C16H18N4O3. The fourth-order valence-corrected chi connectivity index (χ4v) is 2.58. The van der Waals surface area contributed by atoms with Crippen LogP contribution in [0.3, 0.4) is 0 Å². The zero-order valence-corrected chi connectivity index (χ0v) is 13.2. The highest BCUT2D eigenvalue weighted by molar-refractivity contribution is 5.71. The third-order valence-corrected chi connectivity index (χ3v) is 3.74. The number of rotatable bonds is 4. The molecule has 7 heteroatoms. The summed E-state index contributed by atoms with van der Waals surface area (Å²) in [6, 6.07) is 8.00. The van der Waals surface area contributed by atoms with Crippen molar-refractivity contribution in [3.63, 3.8) is 0 Å². The minimum absolute atomic E-state index is 0.123. The van der Waals surface area contributed by atoms with Gasteiger partial charge < -0.3 is 9.64 Å². The van der Waals surface area contributed by atoms with Gasteiger partial charge in [0.25, 0.3) is 5.56 Å². The highest BCUT2D eigenvalue weighted by atomic mass is 16.5. The molecule has 0 N–H and O–H groups in total. The Balaban J connectivity index is 1.90. The van der Waals surface area contributed by atoms with E-state index < -0.39 is 5.97 Å². The fourth-order valence-electron chi connectivity index (χ4n) is 2.58. The van der Waals surface area contributed by atoms with Crippen molar-refractivity contribution >= 4 is 17.6 Å². The van der Waals surface area contributed by atoms with Crippen molar-refractivity contribution < 1.29 is 9.53 Å². The van der Waals surface area contributed by atoms with Crippen molar-refractivity contribution in [2.45, 2.75) is 26.8 Å². The highest BCUT2D eigenvalue weighted by Crippen LogP contribution is 2.26. The van der Waals surface area contributed by atoms with Crippen LogP contribution in [0.1, 0.15) is 18.2 Å². The Morgan fingerprint density at radius 1 is 1.22 bits per heavy atom. The summed E-state index contributed by atoms with van der Waals surface area (Å²) in [5, 5.41) is 8.08. The lowest BCUT2D eigenvalue weighted by molar-refractivity contribution is -0.142. The number of benzene rings is 1. The molecule has 0 saturated heterocycles. The van der Waals surface area contributed by atoms with E-state index in [-0.39, 0.29) is 24.3 Å². The third kappa shape index (κ3) is 2.94. The van der Waals surface area contributed by atoms with Crippen LogP contribution in [-0.4, -0.2) is 33.9 Å². The van der Waals surface area contributed by atoms with Gasteiger partial charge in [-0.05, 0) is 26.0 Å². The standard InChI is InChI=1S/C16H18N4O3/c1-3-23-14(21)10-13-15(22)20-9-8-19(16(20)18-17-13)12-6-4-11(2)5-7-12/h4-7H,3,8-10H2,1-2H3. The Morgan fingerprint density at radius 3 is 2.65 bits per heavy atom. The third-order valence-electron chi connectivity index (χ3n) is 3.74. The van der Waals surface area contributed by atoms with Gasteiger partial charge in [-0.2, -0.15) is 0 Å². The fraction of sp³-hybridized carbons (Fsp3) is 0.375. The van der Waals surface area contributed by atoms with Crippen LogP contribution in [0.15, 0.2) is 29.1 Å². The molecule has 1 aromatic heterocycles. The summed E-state index contributed by atoms with van der Waals surface area (Å²) in [6.45, 7) is 5.19. The number of hydrogen-bond donors (Lipinski definition) is 0. The molecule has 3 rings (SSSR count). The highest BCUT2D eigenvalue weighted by Gasteiger charge is 2.25. The molecule has 0 amide bonds. The molecule has 7 nitrogen and oxygen atoms in total. The van der Waals surface area contributed by atoms with Crippen LogP contribution in [0.4, 0.5) is 11.6 Å². The molecule has 0 bridgehead atoms. The van der Waals surface area contributed by atoms with Gasteiger partial charge in [0.1, 0.15) is 5.69 Å². The van der Waals surface area contributed by atoms with E-state index in [9.17, 15) is 9.59 Å². The van der Waals surface area contributed by atoms with Gasteiger partial charge in [-0.1, -0.05) is 17.7 Å². The number of nitrogens with zero attached hydrogens (tertiary/aromatic N) is 4. The zero-order valence-electron chi connectivity index (χ0n) is 13.2. The predicted octanol–water partition coefficient (Wildman–Crippen LogP) is 1.20. The number of aryl methyl sites for hydroxylation is 1. The second kappa shape index (κ2) is 6.20. The quantitative estimate of drug-likeness (QED) is 0.789. The average Bonchev–Trinajstić information content (AvgIpc) is 2.96. The van der Waals surface area contributed by atoms with E-state index >= 15 is 0 Å². The molecule has 1 aliphatic rings. The van der Waals surface area contributed by atoms with Gasteiger partial charge in [0.2, 0.25) is 5.95 Å². The van der Waals surface area contributed by atoms with Crippen LogP contribution >= 0.6 is 0 Å². The Labute approximate surface area is 133 Å². The monoisotopic (exact) mass is 314 g/mol. The molecule has 2 aromatic rings. The number of fused-ring (bicyclic) bond motifs is 1. The summed E-state index contributed by atoms with van der Waals surface area (Å²) in [5.74, 6) is 0.0410. The van der Waals surface area contributed by atoms with Crippen molar-refractivity contribution in [3.8, 4) is 0 Å². The normalized spacial score (nSPS) is 13.0. The first-order valence-corrected chi connectivity index (χ1v) is 7.56.